The monoisotopic (exact) mass is 472 g/mol. The molecule has 1 fully saturated rings. The molecule has 4 aromatic carbocycles. The fraction of sp³-hybridized carbons (Fsp3) is 0.242. The molecule has 0 spiro atoms. The molecule has 0 radical (unpaired) electrons. The average Bonchev–Trinajstić information content (AvgIpc) is 3.16. The van der Waals surface area contributed by atoms with Gasteiger partial charge in [0.05, 0.1) is 0 Å². The van der Waals surface area contributed by atoms with Gasteiger partial charge in [-0.25, -0.2) is 0 Å². The van der Waals surface area contributed by atoms with Crippen LogP contribution in [0.1, 0.15) is 41.5 Å². The first-order chi connectivity index (χ1) is 17.8. The van der Waals surface area contributed by atoms with Crippen molar-refractivity contribution in [3.63, 3.8) is 0 Å². The minimum atomic E-state index is 0.317. The number of aryl methyl sites for hydroxylation is 4. The second-order valence-electron chi connectivity index (χ2n) is 10.0. The lowest BCUT2D eigenvalue weighted by molar-refractivity contribution is -0.117. The number of Topliss-reactive ketones (excluding diaryl/α,β-unsaturated/α-hetero) is 1. The maximum Gasteiger partial charge on any atom is 0.135 e. The average molecular weight is 473 g/mol. The van der Waals surface area contributed by atoms with Crippen LogP contribution in [0.15, 0.2) is 97.1 Å². The summed E-state index contributed by atoms with van der Waals surface area (Å²) in [6.07, 6.45) is 6.78. The summed E-state index contributed by atoms with van der Waals surface area (Å²) in [5, 5.41) is 3.50. The molecule has 3 nitrogen and oxygen atoms in total. The third-order valence-corrected chi connectivity index (χ3v) is 7.72. The number of hydrogen-bond donors (Lipinski definition) is 1. The van der Waals surface area contributed by atoms with Crippen molar-refractivity contribution >= 4 is 28.5 Å². The number of anilines is 4. The van der Waals surface area contributed by atoms with E-state index in [0.717, 1.165) is 38.5 Å². The van der Waals surface area contributed by atoms with Crippen LogP contribution in [0.2, 0.25) is 0 Å². The molecule has 0 amide bonds. The number of para-hydroxylation sites is 4. The normalized spacial score (nSPS) is 17.7. The summed E-state index contributed by atoms with van der Waals surface area (Å²) in [7, 11) is 0. The third kappa shape index (κ3) is 4.54. The minimum absolute atomic E-state index is 0.317. The Morgan fingerprint density at radius 3 is 1.50 bits per heavy atom. The number of fused-ring (bicyclic) bond motifs is 4. The minimum Gasteiger partial charge on any atom is -0.355 e. The first-order valence-corrected chi connectivity index (χ1v) is 13.2. The molecule has 0 aromatic heterocycles. The van der Waals surface area contributed by atoms with E-state index in [0.29, 0.717) is 18.2 Å². The van der Waals surface area contributed by atoms with Gasteiger partial charge in [0.2, 0.25) is 0 Å². The number of nitrogens with zero attached hydrogens (tertiary/aromatic N) is 1. The Morgan fingerprint density at radius 2 is 1.00 bits per heavy atom. The molecule has 2 heterocycles. The van der Waals surface area contributed by atoms with Gasteiger partial charge in [0.25, 0.3) is 0 Å². The van der Waals surface area contributed by atoms with E-state index in [1.807, 2.05) is 0 Å². The molecule has 1 unspecified atom stereocenters. The van der Waals surface area contributed by atoms with Crippen LogP contribution in [0.5, 0.6) is 0 Å². The maximum atomic E-state index is 11.8. The van der Waals surface area contributed by atoms with Crippen LogP contribution in [-0.2, 0) is 30.5 Å². The number of rotatable bonds is 1. The fourth-order valence-corrected chi connectivity index (χ4v) is 5.86. The zero-order chi connectivity index (χ0) is 24.3. The number of nitrogens with one attached hydrogen (secondary N) is 1. The van der Waals surface area contributed by atoms with Gasteiger partial charge in [0.1, 0.15) is 5.78 Å². The Bertz CT molecular complexity index is 1300. The second kappa shape index (κ2) is 10.0. The predicted octanol–water partition coefficient (Wildman–Crippen LogP) is 7.57. The highest BCUT2D eigenvalue weighted by Gasteiger charge is 2.32. The lowest BCUT2D eigenvalue weighted by Crippen LogP contribution is -2.29. The van der Waals surface area contributed by atoms with Gasteiger partial charge in [0.15, 0.2) is 0 Å². The third-order valence-electron chi connectivity index (χ3n) is 7.72. The SMILES string of the molecule is O=C1CCC(N2c3ccccc3CCc3ccccc32)C1.c1ccc2c(c1)CCc1ccccc1N2. The predicted molar refractivity (Wildman–Crippen MR) is 149 cm³/mol. The van der Waals surface area contributed by atoms with Crippen molar-refractivity contribution in [2.24, 2.45) is 0 Å². The van der Waals surface area contributed by atoms with Crippen molar-refractivity contribution in [2.45, 2.75) is 51.0 Å². The van der Waals surface area contributed by atoms with Gasteiger partial charge in [-0.05, 0) is 78.6 Å². The molecule has 3 aliphatic rings. The van der Waals surface area contributed by atoms with Crippen LogP contribution in [0.4, 0.5) is 22.7 Å². The highest BCUT2D eigenvalue weighted by molar-refractivity contribution is 5.84. The van der Waals surface area contributed by atoms with E-state index in [2.05, 4.69) is 107 Å². The molecule has 1 saturated carbocycles. The maximum absolute atomic E-state index is 11.8. The molecule has 180 valence electrons. The molecule has 1 N–H and O–H groups in total. The van der Waals surface area contributed by atoms with E-state index >= 15 is 0 Å². The summed E-state index contributed by atoms with van der Waals surface area (Å²) in [6, 6.07) is 34.7. The summed E-state index contributed by atoms with van der Waals surface area (Å²) in [5.41, 5.74) is 10.7. The van der Waals surface area contributed by atoms with Crippen molar-refractivity contribution in [1.29, 1.82) is 0 Å². The van der Waals surface area contributed by atoms with Crippen LogP contribution < -0.4 is 10.2 Å². The first-order valence-electron chi connectivity index (χ1n) is 13.2. The Labute approximate surface area is 213 Å². The summed E-state index contributed by atoms with van der Waals surface area (Å²) in [6.45, 7) is 0. The van der Waals surface area contributed by atoms with Crippen molar-refractivity contribution in [3.8, 4) is 0 Å². The summed E-state index contributed by atoms with van der Waals surface area (Å²) < 4.78 is 0. The Morgan fingerprint density at radius 1 is 0.556 bits per heavy atom. The molecule has 1 atom stereocenters. The van der Waals surface area contributed by atoms with E-state index in [-0.39, 0.29) is 0 Å². The zero-order valence-corrected chi connectivity index (χ0v) is 20.6. The van der Waals surface area contributed by atoms with Crippen LogP contribution in [0.25, 0.3) is 0 Å². The highest BCUT2D eigenvalue weighted by Crippen LogP contribution is 2.40. The van der Waals surface area contributed by atoms with E-state index in [1.54, 1.807) is 0 Å². The van der Waals surface area contributed by atoms with Crippen LogP contribution in [-0.4, -0.2) is 11.8 Å². The van der Waals surface area contributed by atoms with Crippen LogP contribution in [0, 0.1) is 0 Å². The molecule has 3 heteroatoms. The summed E-state index contributed by atoms with van der Waals surface area (Å²) in [4.78, 5) is 14.2. The molecule has 0 bridgehead atoms. The van der Waals surface area contributed by atoms with E-state index in [4.69, 9.17) is 0 Å². The summed E-state index contributed by atoms with van der Waals surface area (Å²) >= 11 is 0. The quantitative estimate of drug-likeness (QED) is 0.310. The molecule has 4 aromatic rings. The molecule has 2 aliphatic heterocycles. The molecule has 0 saturated heterocycles. The van der Waals surface area contributed by atoms with Gasteiger partial charge < -0.3 is 10.2 Å². The van der Waals surface area contributed by atoms with Gasteiger partial charge in [-0.15, -0.1) is 0 Å². The first kappa shape index (κ1) is 22.6. The molecule has 36 heavy (non-hydrogen) atoms. The van der Waals surface area contributed by atoms with E-state index < -0.39 is 0 Å². The van der Waals surface area contributed by atoms with Crippen LogP contribution >= 0.6 is 0 Å². The molecular formula is C33H32N2O. The van der Waals surface area contributed by atoms with E-state index in [9.17, 15) is 4.79 Å². The topological polar surface area (TPSA) is 32.3 Å². The molecule has 7 rings (SSSR count). The van der Waals surface area contributed by atoms with Crippen molar-refractivity contribution in [1.82, 2.24) is 0 Å². The standard InChI is InChI=1S/C19H19NO.C14H13N/c21-17-12-11-16(13-17)20-18-7-3-1-5-14(18)9-10-15-6-2-4-8-19(15)20;1-3-7-13-11(5-1)9-10-12-6-2-4-8-14(12)15-13/h1-8,16H,9-13H2;1-8,15H,9-10H2. The van der Waals surface area contributed by atoms with Gasteiger partial charge >= 0.3 is 0 Å². The zero-order valence-electron chi connectivity index (χ0n) is 20.6. The smallest absolute Gasteiger partial charge is 0.135 e. The Hall–Kier alpha value is -3.85. The number of hydrogen-bond acceptors (Lipinski definition) is 3. The lowest BCUT2D eigenvalue weighted by Gasteiger charge is -2.32. The second-order valence-corrected chi connectivity index (χ2v) is 10.0. The number of benzene rings is 4. The summed E-state index contributed by atoms with van der Waals surface area (Å²) in [5.74, 6) is 0.402. The Kier molecular flexibility index (Phi) is 6.29. The number of carbonyl (C=O) groups is 1. The van der Waals surface area contributed by atoms with Gasteiger partial charge in [-0.3, -0.25) is 4.79 Å². The van der Waals surface area contributed by atoms with Crippen molar-refractivity contribution < 1.29 is 4.79 Å². The molecular weight excluding hydrogens is 440 g/mol. The van der Waals surface area contributed by atoms with Gasteiger partial charge in [-0.2, -0.15) is 0 Å². The molecule has 1 aliphatic carbocycles. The Balaban J connectivity index is 0.000000141. The van der Waals surface area contributed by atoms with Crippen LogP contribution in [0.3, 0.4) is 0 Å². The fourth-order valence-electron chi connectivity index (χ4n) is 5.86. The number of carbonyl (C=O) groups excluding carboxylic acids is 1. The largest absolute Gasteiger partial charge is 0.355 e. The van der Waals surface area contributed by atoms with Crippen molar-refractivity contribution in [2.75, 3.05) is 10.2 Å². The van der Waals surface area contributed by atoms with Gasteiger partial charge in [-0.1, -0.05) is 72.8 Å². The number of ketones is 1. The van der Waals surface area contributed by atoms with E-state index in [1.165, 1.54) is 45.0 Å². The van der Waals surface area contributed by atoms with Gasteiger partial charge in [0, 0.05) is 41.6 Å². The lowest BCUT2D eigenvalue weighted by atomic mass is 10.0. The van der Waals surface area contributed by atoms with Crippen molar-refractivity contribution in [3.05, 3.63) is 119 Å². The highest BCUT2D eigenvalue weighted by atomic mass is 16.1.